The van der Waals surface area contributed by atoms with Crippen LogP contribution in [0.15, 0.2) is 0 Å². The summed E-state index contributed by atoms with van der Waals surface area (Å²) >= 11 is 0. The smallest absolute Gasteiger partial charge is 0.332 e. The van der Waals surface area contributed by atoms with Gasteiger partial charge in [-0.3, -0.25) is 9.59 Å². The molecule has 0 aliphatic carbocycles. The summed E-state index contributed by atoms with van der Waals surface area (Å²) in [5.41, 5.74) is 0. The van der Waals surface area contributed by atoms with Gasteiger partial charge in [-0.05, 0) is 12.8 Å². The van der Waals surface area contributed by atoms with Crippen molar-refractivity contribution in [2.75, 3.05) is 19.6 Å². The summed E-state index contributed by atoms with van der Waals surface area (Å²) in [5, 5.41) is 20.3. The van der Waals surface area contributed by atoms with Gasteiger partial charge in [0.2, 0.25) is 11.8 Å². The Hall–Kier alpha value is -1.63. The molecular weight excluding hydrogens is 276 g/mol. The summed E-state index contributed by atoms with van der Waals surface area (Å²) in [6, 6.07) is 0. The number of piperidine rings is 1. The number of rotatable bonds is 6. The lowest BCUT2D eigenvalue weighted by Gasteiger charge is -2.32. The zero-order chi connectivity index (χ0) is 16.0. The Labute approximate surface area is 124 Å². The number of carboxylic acids is 1. The average Bonchev–Trinajstić information content (AvgIpc) is 2.46. The SMILES string of the molecule is CC(C)C(=O)N1CCC(C(=O)NCCC(O)C(=O)O)CC1. The van der Waals surface area contributed by atoms with Gasteiger partial charge in [-0.15, -0.1) is 0 Å². The van der Waals surface area contributed by atoms with Crippen LogP contribution in [0.5, 0.6) is 0 Å². The lowest BCUT2D eigenvalue weighted by atomic mass is 9.95. The van der Waals surface area contributed by atoms with Crippen molar-refractivity contribution in [3.05, 3.63) is 0 Å². The molecule has 1 fully saturated rings. The number of aliphatic hydroxyl groups is 1. The van der Waals surface area contributed by atoms with E-state index in [1.807, 2.05) is 13.8 Å². The monoisotopic (exact) mass is 300 g/mol. The quantitative estimate of drug-likeness (QED) is 0.631. The predicted molar refractivity (Wildman–Crippen MR) is 75.4 cm³/mol. The number of nitrogens with zero attached hydrogens (tertiary/aromatic N) is 1. The molecule has 1 unspecified atom stereocenters. The van der Waals surface area contributed by atoms with Crippen molar-refractivity contribution in [3.8, 4) is 0 Å². The van der Waals surface area contributed by atoms with Crippen molar-refractivity contribution >= 4 is 17.8 Å². The van der Waals surface area contributed by atoms with Crippen molar-refractivity contribution in [3.63, 3.8) is 0 Å². The number of carboxylic acid groups (broad SMARTS) is 1. The highest BCUT2D eigenvalue weighted by Gasteiger charge is 2.28. The molecule has 0 aromatic carbocycles. The Morgan fingerprint density at radius 1 is 1.24 bits per heavy atom. The molecule has 7 nitrogen and oxygen atoms in total. The van der Waals surface area contributed by atoms with Crippen LogP contribution in [0.1, 0.15) is 33.1 Å². The maximum Gasteiger partial charge on any atom is 0.332 e. The maximum atomic E-state index is 11.9. The van der Waals surface area contributed by atoms with Crippen molar-refractivity contribution in [2.45, 2.75) is 39.2 Å². The third-order valence-corrected chi connectivity index (χ3v) is 3.67. The highest BCUT2D eigenvalue weighted by molar-refractivity contribution is 5.80. The Bertz CT molecular complexity index is 389. The number of aliphatic carboxylic acids is 1. The van der Waals surface area contributed by atoms with Gasteiger partial charge < -0.3 is 20.4 Å². The fourth-order valence-corrected chi connectivity index (χ4v) is 2.33. The molecule has 0 aromatic heterocycles. The first-order valence-electron chi connectivity index (χ1n) is 7.30. The predicted octanol–water partition coefficient (Wildman–Crippen LogP) is -0.167. The zero-order valence-corrected chi connectivity index (χ0v) is 12.5. The molecule has 1 saturated heterocycles. The summed E-state index contributed by atoms with van der Waals surface area (Å²) in [4.78, 5) is 36.0. The summed E-state index contributed by atoms with van der Waals surface area (Å²) in [7, 11) is 0. The molecular formula is C14H24N2O5. The number of hydrogen-bond donors (Lipinski definition) is 3. The molecule has 3 N–H and O–H groups in total. The van der Waals surface area contributed by atoms with Crippen LogP contribution in [-0.2, 0) is 14.4 Å². The molecule has 0 radical (unpaired) electrons. The highest BCUT2D eigenvalue weighted by Crippen LogP contribution is 2.18. The normalized spacial score (nSPS) is 17.6. The Kier molecular flexibility index (Phi) is 6.61. The minimum absolute atomic E-state index is 0.00818. The molecule has 0 bridgehead atoms. The van der Waals surface area contributed by atoms with Crippen molar-refractivity contribution in [1.82, 2.24) is 10.2 Å². The number of hydrogen-bond acceptors (Lipinski definition) is 4. The van der Waals surface area contributed by atoms with E-state index in [4.69, 9.17) is 10.2 Å². The first kappa shape index (κ1) is 17.4. The number of amides is 2. The third-order valence-electron chi connectivity index (χ3n) is 3.67. The van der Waals surface area contributed by atoms with Gasteiger partial charge in [0.25, 0.3) is 0 Å². The second-order valence-corrected chi connectivity index (χ2v) is 5.69. The second-order valence-electron chi connectivity index (χ2n) is 5.69. The fraction of sp³-hybridized carbons (Fsp3) is 0.786. The van der Waals surface area contributed by atoms with E-state index in [1.54, 1.807) is 4.90 Å². The van der Waals surface area contributed by atoms with E-state index in [-0.39, 0.29) is 36.6 Å². The summed E-state index contributed by atoms with van der Waals surface area (Å²) in [6.45, 7) is 5.00. The second kappa shape index (κ2) is 7.97. The Morgan fingerprint density at radius 2 is 1.81 bits per heavy atom. The van der Waals surface area contributed by atoms with Crippen LogP contribution >= 0.6 is 0 Å². The van der Waals surface area contributed by atoms with E-state index < -0.39 is 12.1 Å². The van der Waals surface area contributed by atoms with Gasteiger partial charge in [0.05, 0.1) is 0 Å². The first-order chi connectivity index (χ1) is 9.82. The van der Waals surface area contributed by atoms with Gasteiger partial charge in [0.1, 0.15) is 0 Å². The number of carbonyl (C=O) groups excluding carboxylic acids is 2. The van der Waals surface area contributed by atoms with Crippen LogP contribution in [0.4, 0.5) is 0 Å². The van der Waals surface area contributed by atoms with Crippen LogP contribution in [0.3, 0.4) is 0 Å². The molecule has 120 valence electrons. The molecule has 0 spiro atoms. The van der Waals surface area contributed by atoms with Crippen molar-refractivity contribution in [2.24, 2.45) is 11.8 Å². The Balaban J connectivity index is 2.29. The van der Waals surface area contributed by atoms with E-state index >= 15 is 0 Å². The molecule has 1 rings (SSSR count). The van der Waals surface area contributed by atoms with E-state index in [0.29, 0.717) is 25.9 Å². The first-order valence-corrected chi connectivity index (χ1v) is 7.30. The molecule has 0 saturated carbocycles. The minimum Gasteiger partial charge on any atom is -0.479 e. The fourth-order valence-electron chi connectivity index (χ4n) is 2.33. The molecule has 1 atom stereocenters. The van der Waals surface area contributed by atoms with E-state index in [1.165, 1.54) is 0 Å². The zero-order valence-electron chi connectivity index (χ0n) is 12.5. The summed E-state index contributed by atoms with van der Waals surface area (Å²) in [5.74, 6) is -1.50. The van der Waals surface area contributed by atoms with Crippen LogP contribution in [0, 0.1) is 11.8 Å². The number of nitrogens with one attached hydrogen (secondary N) is 1. The lowest BCUT2D eigenvalue weighted by molar-refractivity contribution is -0.147. The number of aliphatic hydroxyl groups excluding tert-OH is 1. The van der Waals surface area contributed by atoms with Gasteiger partial charge >= 0.3 is 5.97 Å². The van der Waals surface area contributed by atoms with E-state index in [2.05, 4.69) is 5.32 Å². The largest absolute Gasteiger partial charge is 0.479 e. The van der Waals surface area contributed by atoms with Gasteiger partial charge in [-0.25, -0.2) is 4.79 Å². The lowest BCUT2D eigenvalue weighted by Crippen LogP contribution is -2.44. The molecule has 2 amide bonds. The number of likely N-dealkylation sites (tertiary alicyclic amines) is 1. The molecule has 1 aliphatic rings. The van der Waals surface area contributed by atoms with Crippen LogP contribution in [-0.4, -0.2) is 58.6 Å². The standard InChI is InChI=1S/C14H24N2O5/c1-9(2)13(19)16-7-4-10(5-8-16)12(18)15-6-3-11(17)14(20)21/h9-11,17H,3-8H2,1-2H3,(H,15,18)(H,20,21). The van der Waals surface area contributed by atoms with Gasteiger partial charge in [-0.1, -0.05) is 13.8 Å². The van der Waals surface area contributed by atoms with Gasteiger partial charge in [0, 0.05) is 37.9 Å². The van der Waals surface area contributed by atoms with Crippen LogP contribution < -0.4 is 5.32 Å². The number of carbonyl (C=O) groups is 3. The van der Waals surface area contributed by atoms with Gasteiger partial charge in [-0.2, -0.15) is 0 Å². The van der Waals surface area contributed by atoms with Crippen molar-refractivity contribution in [1.29, 1.82) is 0 Å². The molecule has 7 heteroatoms. The highest BCUT2D eigenvalue weighted by atomic mass is 16.4. The summed E-state index contributed by atoms with van der Waals surface area (Å²) < 4.78 is 0. The molecule has 1 heterocycles. The molecule has 21 heavy (non-hydrogen) atoms. The van der Waals surface area contributed by atoms with E-state index in [9.17, 15) is 14.4 Å². The average molecular weight is 300 g/mol. The van der Waals surface area contributed by atoms with Crippen LogP contribution in [0.25, 0.3) is 0 Å². The third kappa shape index (κ3) is 5.34. The minimum atomic E-state index is -1.45. The van der Waals surface area contributed by atoms with Crippen molar-refractivity contribution < 1.29 is 24.6 Å². The maximum absolute atomic E-state index is 11.9. The summed E-state index contributed by atoms with van der Waals surface area (Å²) in [6.07, 6.45) is -0.223. The Morgan fingerprint density at radius 3 is 2.29 bits per heavy atom. The van der Waals surface area contributed by atoms with E-state index in [0.717, 1.165) is 0 Å². The molecule has 0 aromatic rings. The molecule has 1 aliphatic heterocycles. The van der Waals surface area contributed by atoms with Gasteiger partial charge in [0.15, 0.2) is 6.10 Å². The van der Waals surface area contributed by atoms with Crippen LogP contribution in [0.2, 0.25) is 0 Å². The topological polar surface area (TPSA) is 107 Å².